The van der Waals surface area contributed by atoms with Gasteiger partial charge in [0.25, 0.3) is 0 Å². The molecule has 8 heteroatoms. The Morgan fingerprint density at radius 2 is 2.04 bits per heavy atom. The minimum atomic E-state index is -3.82. The molecule has 1 aromatic carbocycles. The highest BCUT2D eigenvalue weighted by Gasteiger charge is 2.16. The SMILES string of the molecule is CCOC1=C(OCCNCCc2ccc(OC)c(S(N)(=O)=O)c2)CC(C)C=C1. The number of ether oxygens (including phenoxy) is 3. The maximum atomic E-state index is 11.7. The fourth-order valence-electron chi connectivity index (χ4n) is 2.92. The Hall–Kier alpha value is -2.03. The predicted molar refractivity (Wildman–Crippen MR) is 108 cm³/mol. The summed E-state index contributed by atoms with van der Waals surface area (Å²) in [4.78, 5) is 0.00528. The van der Waals surface area contributed by atoms with E-state index in [4.69, 9.17) is 19.3 Å². The summed E-state index contributed by atoms with van der Waals surface area (Å²) < 4.78 is 39.9. The molecule has 0 spiro atoms. The Kier molecular flexibility index (Phi) is 8.35. The minimum absolute atomic E-state index is 0.00528. The monoisotopic (exact) mass is 410 g/mol. The average molecular weight is 411 g/mol. The van der Waals surface area contributed by atoms with Crippen molar-refractivity contribution in [3.63, 3.8) is 0 Å². The smallest absolute Gasteiger partial charge is 0.241 e. The molecule has 0 fully saturated rings. The number of rotatable bonds is 11. The number of benzene rings is 1. The van der Waals surface area contributed by atoms with Crippen LogP contribution in [0.15, 0.2) is 46.8 Å². The average Bonchev–Trinajstić information content (AvgIpc) is 2.65. The summed E-state index contributed by atoms with van der Waals surface area (Å²) >= 11 is 0. The fraction of sp³-hybridized carbons (Fsp3) is 0.500. The number of primary sulfonamides is 1. The highest BCUT2D eigenvalue weighted by molar-refractivity contribution is 7.89. The van der Waals surface area contributed by atoms with Crippen LogP contribution in [-0.2, 0) is 25.9 Å². The molecule has 0 heterocycles. The molecule has 0 bridgehead atoms. The molecule has 3 N–H and O–H groups in total. The van der Waals surface area contributed by atoms with Crippen LogP contribution in [-0.4, -0.2) is 41.8 Å². The number of hydrogen-bond donors (Lipinski definition) is 2. The summed E-state index contributed by atoms with van der Waals surface area (Å²) in [5.41, 5.74) is 0.867. The standard InChI is InChI=1S/C20H30N2O5S/c1-4-26-17-7-5-15(2)13-19(17)27-12-11-22-10-9-16-6-8-18(25-3)20(14-16)28(21,23)24/h5-8,14-15,22H,4,9-13H2,1-3H3,(H2,21,23,24). The number of sulfonamides is 1. The van der Waals surface area contributed by atoms with Crippen LogP contribution in [0, 0.1) is 5.92 Å². The van der Waals surface area contributed by atoms with Crippen LogP contribution in [0.4, 0.5) is 0 Å². The molecule has 0 amide bonds. The van der Waals surface area contributed by atoms with Gasteiger partial charge in [0.1, 0.15) is 23.0 Å². The maximum absolute atomic E-state index is 11.7. The van der Waals surface area contributed by atoms with Gasteiger partial charge in [0.15, 0.2) is 5.76 Å². The number of nitrogens with one attached hydrogen (secondary N) is 1. The molecule has 1 atom stereocenters. The van der Waals surface area contributed by atoms with Crippen LogP contribution in [0.3, 0.4) is 0 Å². The molecule has 1 aliphatic rings. The van der Waals surface area contributed by atoms with E-state index in [0.29, 0.717) is 38.6 Å². The first-order chi connectivity index (χ1) is 13.3. The molecule has 0 saturated carbocycles. The quantitative estimate of drug-likeness (QED) is 0.543. The Balaban J connectivity index is 1.80. The molecule has 7 nitrogen and oxygen atoms in total. The summed E-state index contributed by atoms with van der Waals surface area (Å²) in [5.74, 6) is 2.40. The van der Waals surface area contributed by atoms with Crippen molar-refractivity contribution in [1.82, 2.24) is 5.32 Å². The van der Waals surface area contributed by atoms with Gasteiger partial charge in [-0.1, -0.05) is 19.1 Å². The van der Waals surface area contributed by atoms with Crippen molar-refractivity contribution in [1.29, 1.82) is 0 Å². The zero-order chi connectivity index (χ0) is 20.6. The van der Waals surface area contributed by atoms with Gasteiger partial charge in [-0.05, 0) is 49.6 Å². The van der Waals surface area contributed by atoms with E-state index in [1.165, 1.54) is 7.11 Å². The third kappa shape index (κ3) is 6.54. The highest BCUT2D eigenvalue weighted by atomic mass is 32.2. The van der Waals surface area contributed by atoms with Crippen LogP contribution in [0.2, 0.25) is 0 Å². The Morgan fingerprint density at radius 1 is 1.25 bits per heavy atom. The number of methoxy groups -OCH3 is 1. The van der Waals surface area contributed by atoms with Crippen LogP contribution in [0.25, 0.3) is 0 Å². The van der Waals surface area contributed by atoms with Gasteiger partial charge in [-0.15, -0.1) is 0 Å². The molecule has 1 unspecified atom stereocenters. The van der Waals surface area contributed by atoms with Gasteiger partial charge in [-0.2, -0.15) is 0 Å². The lowest BCUT2D eigenvalue weighted by molar-refractivity contribution is 0.153. The molecule has 2 rings (SSSR count). The Morgan fingerprint density at radius 3 is 2.71 bits per heavy atom. The van der Waals surface area contributed by atoms with E-state index in [1.807, 2.05) is 19.1 Å². The first kappa shape index (κ1) is 22.3. The van der Waals surface area contributed by atoms with Crippen LogP contribution < -0.4 is 15.2 Å². The van der Waals surface area contributed by atoms with Crippen LogP contribution in [0.1, 0.15) is 25.8 Å². The topological polar surface area (TPSA) is 99.9 Å². The Bertz CT molecular complexity index is 818. The molecular weight excluding hydrogens is 380 g/mol. The molecule has 28 heavy (non-hydrogen) atoms. The van der Waals surface area contributed by atoms with Crippen molar-refractivity contribution in [2.75, 3.05) is 33.4 Å². The van der Waals surface area contributed by atoms with Crippen LogP contribution in [0.5, 0.6) is 5.75 Å². The van der Waals surface area contributed by atoms with E-state index in [-0.39, 0.29) is 10.6 Å². The van der Waals surface area contributed by atoms with Gasteiger partial charge in [-0.25, -0.2) is 13.6 Å². The molecule has 156 valence electrons. The Labute approximate surface area is 167 Å². The van der Waals surface area contributed by atoms with Crippen molar-refractivity contribution < 1.29 is 22.6 Å². The van der Waals surface area contributed by atoms with Gasteiger partial charge in [-0.3, -0.25) is 0 Å². The van der Waals surface area contributed by atoms with E-state index in [9.17, 15) is 8.42 Å². The van der Waals surface area contributed by atoms with Crippen molar-refractivity contribution in [3.05, 3.63) is 47.4 Å². The lowest BCUT2D eigenvalue weighted by Gasteiger charge is -2.20. The lowest BCUT2D eigenvalue weighted by Crippen LogP contribution is -2.23. The third-order valence-corrected chi connectivity index (χ3v) is 5.27. The molecule has 0 aromatic heterocycles. The van der Waals surface area contributed by atoms with E-state index in [2.05, 4.69) is 18.3 Å². The van der Waals surface area contributed by atoms with Gasteiger partial charge in [0.05, 0.1) is 13.7 Å². The van der Waals surface area contributed by atoms with Gasteiger partial charge < -0.3 is 19.5 Å². The van der Waals surface area contributed by atoms with E-state index < -0.39 is 10.0 Å². The molecule has 1 aliphatic carbocycles. The predicted octanol–water partition coefficient (Wildman–Crippen LogP) is 2.34. The summed E-state index contributed by atoms with van der Waals surface area (Å²) in [6.07, 6.45) is 5.61. The fourth-order valence-corrected chi connectivity index (χ4v) is 3.67. The van der Waals surface area contributed by atoms with Crippen molar-refractivity contribution in [3.8, 4) is 5.75 Å². The largest absolute Gasteiger partial charge is 0.495 e. The normalized spacial score (nSPS) is 16.9. The van der Waals surface area contributed by atoms with E-state index >= 15 is 0 Å². The zero-order valence-corrected chi connectivity index (χ0v) is 17.6. The zero-order valence-electron chi connectivity index (χ0n) is 16.7. The number of hydrogen-bond acceptors (Lipinski definition) is 6. The molecular formula is C20H30N2O5S. The van der Waals surface area contributed by atoms with Crippen molar-refractivity contribution in [2.24, 2.45) is 11.1 Å². The highest BCUT2D eigenvalue weighted by Crippen LogP contribution is 2.25. The molecule has 0 saturated heterocycles. The third-order valence-electron chi connectivity index (χ3n) is 4.34. The van der Waals surface area contributed by atoms with Crippen molar-refractivity contribution in [2.45, 2.75) is 31.6 Å². The number of nitrogens with two attached hydrogens (primary N) is 1. The first-order valence-corrected chi connectivity index (χ1v) is 11.0. The van der Waals surface area contributed by atoms with E-state index in [0.717, 1.165) is 23.5 Å². The first-order valence-electron chi connectivity index (χ1n) is 9.42. The summed E-state index contributed by atoms with van der Waals surface area (Å²) in [6.45, 7) is 6.62. The van der Waals surface area contributed by atoms with Gasteiger partial charge >= 0.3 is 0 Å². The summed E-state index contributed by atoms with van der Waals surface area (Å²) in [7, 11) is -2.41. The molecule has 1 aromatic rings. The summed E-state index contributed by atoms with van der Waals surface area (Å²) in [6, 6.07) is 5.01. The molecule has 0 radical (unpaired) electrons. The second-order valence-electron chi connectivity index (χ2n) is 6.64. The lowest BCUT2D eigenvalue weighted by atomic mass is 10.0. The summed E-state index contributed by atoms with van der Waals surface area (Å²) in [5, 5.41) is 8.55. The second kappa shape index (κ2) is 10.5. The molecule has 0 aliphatic heterocycles. The maximum Gasteiger partial charge on any atom is 0.241 e. The second-order valence-corrected chi connectivity index (χ2v) is 8.17. The van der Waals surface area contributed by atoms with Crippen LogP contribution >= 0.6 is 0 Å². The number of allylic oxidation sites excluding steroid dienone is 3. The van der Waals surface area contributed by atoms with E-state index in [1.54, 1.807) is 12.1 Å². The van der Waals surface area contributed by atoms with Crippen molar-refractivity contribution >= 4 is 10.0 Å². The van der Waals surface area contributed by atoms with Gasteiger partial charge in [0, 0.05) is 13.0 Å². The minimum Gasteiger partial charge on any atom is -0.495 e. The van der Waals surface area contributed by atoms with Gasteiger partial charge in [0.2, 0.25) is 10.0 Å².